The van der Waals surface area contributed by atoms with E-state index in [0.717, 1.165) is 0 Å². The van der Waals surface area contributed by atoms with Gasteiger partial charge in [-0.2, -0.15) is 5.10 Å². The zero-order chi connectivity index (χ0) is 16.7. The van der Waals surface area contributed by atoms with Crippen molar-refractivity contribution in [3.8, 4) is 0 Å². The lowest BCUT2D eigenvalue weighted by atomic mass is 10.2. The average molecular weight is 351 g/mol. The molecular weight excluding hydrogens is 339 g/mol. The second-order valence-electron chi connectivity index (χ2n) is 4.38. The highest BCUT2D eigenvalue weighted by Crippen LogP contribution is 2.19. The Kier molecular flexibility index (Phi) is 6.08. The number of halogens is 2. The molecule has 8 heteroatoms. The molecule has 1 heterocycles. The molecule has 1 aromatic heterocycles. The number of nitrogens with one attached hydrogen (secondary N) is 2. The maximum absolute atomic E-state index is 11.7. The molecular formula is C15H12Cl2N4O2. The minimum absolute atomic E-state index is 0.202. The average Bonchev–Trinajstić information content (AvgIpc) is 2.55. The highest BCUT2D eigenvalue weighted by atomic mass is 35.5. The number of hydrazone groups is 1. The molecule has 0 aliphatic heterocycles. The Bertz CT molecular complexity index is 736. The maximum atomic E-state index is 11.7. The second-order valence-corrected chi connectivity index (χ2v) is 5.22. The summed E-state index contributed by atoms with van der Waals surface area (Å²) in [6.45, 7) is -0.202. The zero-order valence-corrected chi connectivity index (χ0v) is 13.3. The van der Waals surface area contributed by atoms with Gasteiger partial charge in [-0.15, -0.1) is 0 Å². The van der Waals surface area contributed by atoms with Crippen molar-refractivity contribution in [2.75, 3.05) is 6.54 Å². The standard InChI is InChI=1S/C15H12Cl2N4O2/c16-12-2-1-11(13(17)7-12)8-20-21-14(22)9-19-15(23)10-3-5-18-6-4-10/h1-8H,9H2,(H,19,23)(H,21,22)/b20-8+. The highest BCUT2D eigenvalue weighted by Gasteiger charge is 2.06. The molecule has 0 spiro atoms. The normalized spacial score (nSPS) is 10.5. The minimum atomic E-state index is -0.464. The molecule has 0 saturated heterocycles. The van der Waals surface area contributed by atoms with E-state index in [1.807, 2.05) is 0 Å². The molecule has 118 valence electrons. The molecule has 0 saturated carbocycles. The lowest BCUT2D eigenvalue weighted by Gasteiger charge is -2.04. The van der Waals surface area contributed by atoms with Crippen LogP contribution in [-0.2, 0) is 4.79 Å². The van der Waals surface area contributed by atoms with Gasteiger partial charge in [0.1, 0.15) is 0 Å². The number of hydrogen-bond acceptors (Lipinski definition) is 4. The zero-order valence-electron chi connectivity index (χ0n) is 11.8. The Morgan fingerprint density at radius 1 is 1.17 bits per heavy atom. The minimum Gasteiger partial charge on any atom is -0.343 e. The van der Waals surface area contributed by atoms with Crippen LogP contribution in [0.2, 0.25) is 10.0 Å². The summed E-state index contributed by atoms with van der Waals surface area (Å²) >= 11 is 11.7. The van der Waals surface area contributed by atoms with Gasteiger partial charge in [-0.3, -0.25) is 14.6 Å². The van der Waals surface area contributed by atoms with Gasteiger partial charge >= 0.3 is 0 Å². The summed E-state index contributed by atoms with van der Waals surface area (Å²) in [4.78, 5) is 27.1. The van der Waals surface area contributed by atoms with Crippen LogP contribution in [0.1, 0.15) is 15.9 Å². The Hall–Kier alpha value is -2.44. The van der Waals surface area contributed by atoms with Crippen molar-refractivity contribution >= 4 is 41.2 Å². The van der Waals surface area contributed by atoms with Crippen LogP contribution in [0.3, 0.4) is 0 Å². The SMILES string of the molecule is O=C(CNC(=O)c1ccncc1)N/N=C/c1ccc(Cl)cc1Cl. The summed E-state index contributed by atoms with van der Waals surface area (Å²) in [5, 5.41) is 7.17. The van der Waals surface area contributed by atoms with Crippen molar-refractivity contribution in [1.82, 2.24) is 15.7 Å². The van der Waals surface area contributed by atoms with Gasteiger partial charge in [-0.25, -0.2) is 5.43 Å². The lowest BCUT2D eigenvalue weighted by Crippen LogP contribution is -2.34. The van der Waals surface area contributed by atoms with Crippen LogP contribution in [0.4, 0.5) is 0 Å². The number of amides is 2. The van der Waals surface area contributed by atoms with Gasteiger partial charge in [0.2, 0.25) is 0 Å². The van der Waals surface area contributed by atoms with Gasteiger partial charge in [0.15, 0.2) is 0 Å². The van der Waals surface area contributed by atoms with Crippen LogP contribution in [-0.4, -0.2) is 29.6 Å². The van der Waals surface area contributed by atoms with Crippen LogP contribution < -0.4 is 10.7 Å². The first-order valence-corrected chi connectivity index (χ1v) is 7.27. The summed E-state index contributed by atoms with van der Waals surface area (Å²) < 4.78 is 0. The van der Waals surface area contributed by atoms with Crippen molar-refractivity contribution in [1.29, 1.82) is 0 Å². The summed E-state index contributed by atoms with van der Waals surface area (Å²) in [6.07, 6.45) is 4.38. The number of pyridine rings is 1. The van der Waals surface area contributed by atoms with Crippen LogP contribution in [0.5, 0.6) is 0 Å². The summed E-state index contributed by atoms with van der Waals surface area (Å²) in [6, 6.07) is 8.00. The van der Waals surface area contributed by atoms with Crippen LogP contribution in [0, 0.1) is 0 Å². The number of nitrogens with zero attached hydrogens (tertiary/aromatic N) is 2. The molecule has 2 aromatic rings. The highest BCUT2D eigenvalue weighted by molar-refractivity contribution is 6.36. The first-order chi connectivity index (χ1) is 11.1. The number of benzene rings is 1. The topological polar surface area (TPSA) is 83.5 Å². The number of hydrogen-bond donors (Lipinski definition) is 2. The third-order valence-corrected chi connectivity index (χ3v) is 3.27. The van der Waals surface area contributed by atoms with E-state index in [1.54, 1.807) is 30.3 Å². The molecule has 0 aliphatic rings. The summed E-state index contributed by atoms with van der Waals surface area (Å²) in [5.41, 5.74) is 3.32. The Morgan fingerprint density at radius 3 is 2.61 bits per heavy atom. The Morgan fingerprint density at radius 2 is 1.91 bits per heavy atom. The van der Waals surface area contributed by atoms with Crippen LogP contribution in [0.15, 0.2) is 47.8 Å². The molecule has 0 radical (unpaired) electrons. The molecule has 2 amide bonds. The molecule has 0 bridgehead atoms. The van der Waals surface area contributed by atoms with E-state index in [1.165, 1.54) is 18.6 Å². The van der Waals surface area contributed by atoms with Crippen LogP contribution in [0.25, 0.3) is 0 Å². The van der Waals surface area contributed by atoms with Crippen molar-refractivity contribution in [2.45, 2.75) is 0 Å². The number of carbonyl (C=O) groups excluding carboxylic acids is 2. The second kappa shape index (κ2) is 8.26. The fraction of sp³-hybridized carbons (Fsp3) is 0.0667. The van der Waals surface area contributed by atoms with Crippen molar-refractivity contribution < 1.29 is 9.59 Å². The maximum Gasteiger partial charge on any atom is 0.259 e. The van der Waals surface area contributed by atoms with E-state index in [-0.39, 0.29) is 12.5 Å². The Labute approximate surface area is 142 Å². The third-order valence-electron chi connectivity index (χ3n) is 2.71. The lowest BCUT2D eigenvalue weighted by molar-refractivity contribution is -0.120. The van der Waals surface area contributed by atoms with E-state index in [4.69, 9.17) is 23.2 Å². The molecule has 23 heavy (non-hydrogen) atoms. The van der Waals surface area contributed by atoms with E-state index >= 15 is 0 Å². The third kappa shape index (κ3) is 5.36. The monoisotopic (exact) mass is 350 g/mol. The Balaban J connectivity index is 1.81. The molecule has 0 atom stereocenters. The first-order valence-electron chi connectivity index (χ1n) is 6.51. The van der Waals surface area contributed by atoms with Crippen molar-refractivity contribution in [3.63, 3.8) is 0 Å². The van der Waals surface area contributed by atoms with E-state index in [0.29, 0.717) is 21.2 Å². The van der Waals surface area contributed by atoms with Crippen molar-refractivity contribution in [3.05, 3.63) is 63.9 Å². The number of aromatic nitrogens is 1. The fourth-order valence-electron chi connectivity index (χ4n) is 1.59. The quantitative estimate of drug-likeness (QED) is 0.640. The van der Waals surface area contributed by atoms with E-state index in [9.17, 15) is 9.59 Å². The fourth-order valence-corrected chi connectivity index (χ4v) is 2.04. The van der Waals surface area contributed by atoms with Gasteiger partial charge in [-0.1, -0.05) is 29.3 Å². The predicted molar refractivity (Wildman–Crippen MR) is 88.8 cm³/mol. The summed E-state index contributed by atoms with van der Waals surface area (Å²) in [5.74, 6) is -0.832. The van der Waals surface area contributed by atoms with Gasteiger partial charge in [0.25, 0.3) is 11.8 Å². The smallest absolute Gasteiger partial charge is 0.259 e. The molecule has 2 rings (SSSR count). The van der Waals surface area contributed by atoms with Gasteiger partial charge in [-0.05, 0) is 24.3 Å². The molecule has 0 fully saturated rings. The summed E-state index contributed by atoms with van der Waals surface area (Å²) in [7, 11) is 0. The van der Waals surface area contributed by atoms with Gasteiger partial charge < -0.3 is 5.32 Å². The van der Waals surface area contributed by atoms with Gasteiger partial charge in [0.05, 0.1) is 17.8 Å². The molecule has 2 N–H and O–H groups in total. The van der Waals surface area contributed by atoms with Crippen molar-refractivity contribution in [2.24, 2.45) is 5.10 Å². The largest absolute Gasteiger partial charge is 0.343 e. The number of carbonyl (C=O) groups is 2. The molecule has 0 aliphatic carbocycles. The molecule has 0 unspecified atom stereocenters. The molecule has 1 aromatic carbocycles. The van der Waals surface area contributed by atoms with Crippen LogP contribution >= 0.6 is 23.2 Å². The predicted octanol–water partition coefficient (Wildman–Crippen LogP) is 2.27. The first kappa shape index (κ1) is 16.9. The number of rotatable bonds is 5. The van der Waals surface area contributed by atoms with E-state index < -0.39 is 5.91 Å². The van der Waals surface area contributed by atoms with E-state index in [2.05, 4.69) is 20.8 Å². The molecule has 6 nitrogen and oxygen atoms in total. The van der Waals surface area contributed by atoms with Gasteiger partial charge in [0, 0.05) is 28.5 Å².